The molecule has 0 bridgehead atoms. The monoisotopic (exact) mass is 367 g/mol. The summed E-state index contributed by atoms with van der Waals surface area (Å²) in [6, 6.07) is 5.64. The predicted octanol–water partition coefficient (Wildman–Crippen LogP) is 2.16. The Morgan fingerprint density at radius 1 is 1.00 bits per heavy atom. The molecule has 5 atom stereocenters. The number of hydrogen-bond donors (Lipinski definition) is 1. The third kappa shape index (κ3) is 3.23. The zero-order valence-electron chi connectivity index (χ0n) is 15.0. The lowest BCUT2D eigenvalue weighted by Crippen LogP contribution is -2.58. The second-order valence-electron chi connectivity index (χ2n) is 7.59. The summed E-state index contributed by atoms with van der Waals surface area (Å²) in [5.41, 5.74) is 0.333. The number of anilines is 1. The number of nitrogens with one attached hydrogen (secondary N) is 1. The van der Waals surface area contributed by atoms with Crippen molar-refractivity contribution in [3.05, 3.63) is 30.1 Å². The Hall–Kier alpha value is -1.58. The van der Waals surface area contributed by atoms with Crippen LogP contribution < -0.4 is 5.32 Å². The van der Waals surface area contributed by atoms with E-state index in [1.54, 1.807) is 33.8 Å². The van der Waals surface area contributed by atoms with Gasteiger partial charge in [0.15, 0.2) is 24.0 Å². The van der Waals surface area contributed by atoms with Crippen LogP contribution in [0.25, 0.3) is 0 Å². The van der Waals surface area contributed by atoms with Gasteiger partial charge in [0.1, 0.15) is 24.1 Å². The predicted molar refractivity (Wildman–Crippen MR) is 87.6 cm³/mol. The Balaban J connectivity index is 1.58. The molecule has 3 aliphatic rings. The second kappa shape index (κ2) is 5.97. The molecule has 3 heterocycles. The zero-order chi connectivity index (χ0) is 18.7. The summed E-state index contributed by atoms with van der Waals surface area (Å²) in [6.45, 7) is 7.07. The first-order chi connectivity index (χ1) is 12.1. The molecule has 0 aliphatic carbocycles. The molecular weight excluding hydrogens is 345 g/mol. The maximum Gasteiger partial charge on any atom is 0.256 e. The number of benzene rings is 1. The number of carbonyl (C=O) groups is 1. The average Bonchev–Trinajstić information content (AvgIpc) is 3.00. The first kappa shape index (κ1) is 17.8. The SMILES string of the molecule is CC1(C)O[C@H]2[C@@H](O1)[C@@H](C(=O)Nc1cccc(F)c1)O[C@H]1OC(C)(C)O[C@@H]12. The first-order valence-electron chi connectivity index (χ1n) is 8.57. The highest BCUT2D eigenvalue weighted by molar-refractivity contribution is 5.94. The largest absolute Gasteiger partial charge is 0.342 e. The van der Waals surface area contributed by atoms with Crippen LogP contribution in [0, 0.1) is 5.82 Å². The topological polar surface area (TPSA) is 75.3 Å². The molecule has 8 heteroatoms. The fraction of sp³-hybridized carbons (Fsp3) is 0.611. The third-order valence-electron chi connectivity index (χ3n) is 4.51. The van der Waals surface area contributed by atoms with Crippen LogP contribution in [0.5, 0.6) is 0 Å². The number of rotatable bonds is 2. The van der Waals surface area contributed by atoms with Crippen LogP contribution in [0.3, 0.4) is 0 Å². The summed E-state index contributed by atoms with van der Waals surface area (Å²) < 4.78 is 42.8. The van der Waals surface area contributed by atoms with E-state index in [0.717, 1.165) is 0 Å². The van der Waals surface area contributed by atoms with Crippen molar-refractivity contribution in [2.45, 2.75) is 70.0 Å². The summed E-state index contributed by atoms with van der Waals surface area (Å²) in [5.74, 6) is -2.65. The molecule has 1 amide bonds. The summed E-state index contributed by atoms with van der Waals surface area (Å²) in [7, 11) is 0. The Kier molecular flexibility index (Phi) is 4.09. The zero-order valence-corrected chi connectivity index (χ0v) is 15.0. The van der Waals surface area contributed by atoms with Gasteiger partial charge >= 0.3 is 0 Å². The van der Waals surface area contributed by atoms with E-state index >= 15 is 0 Å². The molecular formula is C18H22FNO6. The molecule has 26 heavy (non-hydrogen) atoms. The number of ether oxygens (including phenoxy) is 5. The molecule has 0 unspecified atom stereocenters. The normalized spacial score (nSPS) is 37.0. The van der Waals surface area contributed by atoms with Gasteiger partial charge in [0.25, 0.3) is 5.91 Å². The highest BCUT2D eigenvalue weighted by Gasteiger charge is 2.62. The minimum Gasteiger partial charge on any atom is -0.342 e. The minimum absolute atomic E-state index is 0.333. The van der Waals surface area contributed by atoms with Gasteiger partial charge in [-0.15, -0.1) is 0 Å². The van der Waals surface area contributed by atoms with Gasteiger partial charge in [-0.2, -0.15) is 0 Å². The van der Waals surface area contributed by atoms with Crippen LogP contribution in [-0.2, 0) is 28.5 Å². The van der Waals surface area contributed by atoms with Gasteiger partial charge in [-0.1, -0.05) is 6.07 Å². The fourth-order valence-corrected chi connectivity index (χ4v) is 3.60. The Morgan fingerprint density at radius 3 is 2.38 bits per heavy atom. The number of hydrogen-bond acceptors (Lipinski definition) is 6. The molecule has 142 valence electrons. The summed E-state index contributed by atoms with van der Waals surface area (Å²) in [6.07, 6.45) is -3.43. The molecule has 0 spiro atoms. The van der Waals surface area contributed by atoms with E-state index in [1.165, 1.54) is 18.2 Å². The van der Waals surface area contributed by atoms with Gasteiger partial charge in [0, 0.05) is 5.69 Å². The van der Waals surface area contributed by atoms with Crippen molar-refractivity contribution in [1.82, 2.24) is 0 Å². The molecule has 0 aromatic heterocycles. The molecule has 3 saturated heterocycles. The number of carbonyl (C=O) groups excluding carboxylic acids is 1. The van der Waals surface area contributed by atoms with E-state index in [1.807, 2.05) is 0 Å². The maximum absolute atomic E-state index is 13.4. The highest BCUT2D eigenvalue weighted by atomic mass is 19.1. The van der Waals surface area contributed by atoms with Crippen molar-refractivity contribution < 1.29 is 32.9 Å². The van der Waals surface area contributed by atoms with Gasteiger partial charge in [-0.25, -0.2) is 4.39 Å². The molecule has 0 saturated carbocycles. The Morgan fingerprint density at radius 2 is 1.65 bits per heavy atom. The van der Waals surface area contributed by atoms with Gasteiger partial charge in [0.05, 0.1) is 0 Å². The standard InChI is InChI=1S/C18H22FNO6/c1-17(2)23-11-12(24-17)14-16(26-18(3,4)25-14)22-13(11)15(21)20-10-7-5-6-9(19)8-10/h5-8,11-14,16H,1-4H3,(H,20,21)/t11-,12+,13+,14-,16+/m1/s1. The van der Waals surface area contributed by atoms with Crippen molar-refractivity contribution in [1.29, 1.82) is 0 Å². The minimum atomic E-state index is -0.983. The van der Waals surface area contributed by atoms with Crippen molar-refractivity contribution in [3.63, 3.8) is 0 Å². The number of halogens is 1. The maximum atomic E-state index is 13.4. The fourth-order valence-electron chi connectivity index (χ4n) is 3.60. The molecule has 1 aromatic rings. The summed E-state index contributed by atoms with van der Waals surface area (Å²) in [4.78, 5) is 12.8. The first-order valence-corrected chi connectivity index (χ1v) is 8.57. The molecule has 3 aliphatic heterocycles. The van der Waals surface area contributed by atoms with Crippen LogP contribution in [0.2, 0.25) is 0 Å². The van der Waals surface area contributed by atoms with Crippen molar-refractivity contribution in [3.8, 4) is 0 Å². The van der Waals surface area contributed by atoms with E-state index in [-0.39, 0.29) is 0 Å². The molecule has 0 radical (unpaired) electrons. The Bertz CT molecular complexity index is 723. The summed E-state index contributed by atoms with van der Waals surface area (Å²) >= 11 is 0. The molecule has 1 N–H and O–H groups in total. The molecule has 3 fully saturated rings. The van der Waals surface area contributed by atoms with Crippen molar-refractivity contribution in [2.24, 2.45) is 0 Å². The van der Waals surface area contributed by atoms with E-state index in [9.17, 15) is 9.18 Å². The summed E-state index contributed by atoms with van der Waals surface area (Å²) in [5, 5.41) is 2.66. The lowest BCUT2D eigenvalue weighted by atomic mass is 9.98. The molecule has 4 rings (SSSR count). The van der Waals surface area contributed by atoms with Crippen LogP contribution in [0.4, 0.5) is 10.1 Å². The van der Waals surface area contributed by atoms with E-state index in [0.29, 0.717) is 5.69 Å². The van der Waals surface area contributed by atoms with E-state index in [4.69, 9.17) is 23.7 Å². The highest BCUT2D eigenvalue weighted by Crippen LogP contribution is 2.44. The van der Waals surface area contributed by atoms with E-state index < -0.39 is 54.0 Å². The average molecular weight is 367 g/mol. The quantitative estimate of drug-likeness (QED) is 0.863. The lowest BCUT2D eigenvalue weighted by Gasteiger charge is -2.36. The van der Waals surface area contributed by atoms with Crippen LogP contribution in [-0.4, -0.2) is 48.2 Å². The molecule has 1 aromatic carbocycles. The van der Waals surface area contributed by atoms with Crippen molar-refractivity contribution in [2.75, 3.05) is 5.32 Å². The third-order valence-corrected chi connectivity index (χ3v) is 4.51. The van der Waals surface area contributed by atoms with E-state index in [2.05, 4.69) is 5.32 Å². The van der Waals surface area contributed by atoms with Crippen molar-refractivity contribution >= 4 is 11.6 Å². The number of amides is 1. The number of fused-ring (bicyclic) bond motifs is 3. The van der Waals surface area contributed by atoms with Gasteiger partial charge in [-0.05, 0) is 45.9 Å². The van der Waals surface area contributed by atoms with Gasteiger partial charge < -0.3 is 29.0 Å². The second-order valence-corrected chi connectivity index (χ2v) is 7.59. The smallest absolute Gasteiger partial charge is 0.256 e. The van der Waals surface area contributed by atoms with Gasteiger partial charge in [-0.3, -0.25) is 4.79 Å². The Labute approximate surface area is 150 Å². The van der Waals surface area contributed by atoms with Crippen LogP contribution in [0.1, 0.15) is 27.7 Å². The van der Waals surface area contributed by atoms with Gasteiger partial charge in [0.2, 0.25) is 0 Å². The van der Waals surface area contributed by atoms with Crippen LogP contribution in [0.15, 0.2) is 24.3 Å². The van der Waals surface area contributed by atoms with Crippen LogP contribution >= 0.6 is 0 Å². The lowest BCUT2D eigenvalue weighted by molar-refractivity contribution is -0.229. The molecule has 7 nitrogen and oxygen atoms in total.